The minimum Gasteiger partial charge on any atom is -0.486 e. The summed E-state index contributed by atoms with van der Waals surface area (Å²) in [6, 6.07) is 18.5. The maximum Gasteiger partial charge on any atom is 0.261 e. The fourth-order valence-corrected chi connectivity index (χ4v) is 4.95. The Kier molecular flexibility index (Phi) is 8.60. The summed E-state index contributed by atoms with van der Waals surface area (Å²) in [5, 5.41) is 14.7. The van der Waals surface area contributed by atoms with Crippen LogP contribution in [-0.2, 0) is 17.8 Å². The molecule has 3 aromatic carbocycles. The third-order valence-electron chi connectivity index (χ3n) is 5.42. The topological polar surface area (TPSA) is 77.9 Å². The van der Waals surface area contributed by atoms with E-state index in [1.807, 2.05) is 42.6 Å². The molecule has 4 aromatic rings. The van der Waals surface area contributed by atoms with Crippen molar-refractivity contribution in [3.05, 3.63) is 103 Å². The van der Waals surface area contributed by atoms with Gasteiger partial charge in [-0.15, -0.1) is 0 Å². The molecule has 1 aromatic heterocycles. The van der Waals surface area contributed by atoms with Crippen LogP contribution in [0.5, 0.6) is 5.75 Å². The lowest BCUT2D eigenvalue weighted by molar-refractivity contribution is -0.117. The summed E-state index contributed by atoms with van der Waals surface area (Å²) >= 11 is 21.9. The Morgan fingerprint density at radius 1 is 1.08 bits per heavy atom. The summed E-state index contributed by atoms with van der Waals surface area (Å²) in [7, 11) is 0. The molecule has 182 valence electrons. The van der Waals surface area contributed by atoms with Gasteiger partial charge in [0.1, 0.15) is 18.2 Å². The molecule has 0 spiro atoms. The molecule has 0 aliphatic rings. The number of amides is 1. The zero-order valence-corrected chi connectivity index (χ0v) is 22.6. The van der Waals surface area contributed by atoms with Gasteiger partial charge < -0.3 is 15.0 Å². The zero-order chi connectivity index (χ0) is 25.7. The number of ether oxygens (including phenoxy) is 1. The van der Waals surface area contributed by atoms with E-state index in [4.69, 9.17) is 39.5 Å². The predicted molar refractivity (Wildman–Crippen MR) is 149 cm³/mol. The van der Waals surface area contributed by atoms with Crippen molar-refractivity contribution in [3.63, 3.8) is 0 Å². The molecule has 36 heavy (non-hydrogen) atoms. The molecule has 4 rings (SSSR count). The van der Waals surface area contributed by atoms with Gasteiger partial charge in [0.05, 0.1) is 19.5 Å². The number of rotatable bonds is 8. The summed E-state index contributed by atoms with van der Waals surface area (Å²) in [5.74, 6) is -0.0221. The van der Waals surface area contributed by atoms with Gasteiger partial charge in [0.25, 0.3) is 5.91 Å². The van der Waals surface area contributed by atoms with E-state index in [2.05, 4.69) is 26.2 Å². The third kappa shape index (κ3) is 6.24. The van der Waals surface area contributed by atoms with Gasteiger partial charge in [-0.1, -0.05) is 59.1 Å². The predicted octanol–water partition coefficient (Wildman–Crippen LogP) is 7.74. The van der Waals surface area contributed by atoms with Crippen LogP contribution in [0.3, 0.4) is 0 Å². The average molecular weight is 604 g/mol. The Balaban J connectivity index is 1.41. The Bertz CT molecular complexity index is 1480. The molecule has 0 bridgehead atoms. The van der Waals surface area contributed by atoms with E-state index in [1.54, 1.807) is 24.3 Å². The molecule has 0 fully saturated rings. The van der Waals surface area contributed by atoms with Crippen LogP contribution in [0.1, 0.15) is 16.7 Å². The van der Waals surface area contributed by atoms with Crippen molar-refractivity contribution in [3.8, 4) is 11.8 Å². The van der Waals surface area contributed by atoms with Crippen LogP contribution >= 0.6 is 50.7 Å². The molecule has 1 amide bonds. The van der Waals surface area contributed by atoms with Gasteiger partial charge in [-0.25, -0.2) is 0 Å². The highest BCUT2D eigenvalue weighted by Crippen LogP contribution is 2.36. The maximum absolute atomic E-state index is 12.6. The number of carbonyl (C=O) groups excluding carboxylic acids is 1. The first-order chi connectivity index (χ1) is 17.4. The van der Waals surface area contributed by atoms with Crippen LogP contribution < -0.4 is 10.1 Å². The van der Waals surface area contributed by atoms with Crippen LogP contribution in [0.4, 0.5) is 0 Å². The second kappa shape index (κ2) is 11.9. The van der Waals surface area contributed by atoms with Crippen molar-refractivity contribution < 1.29 is 9.53 Å². The van der Waals surface area contributed by atoms with Crippen LogP contribution in [-0.4, -0.2) is 17.4 Å². The van der Waals surface area contributed by atoms with Crippen molar-refractivity contribution in [1.29, 1.82) is 5.26 Å². The molecule has 0 aliphatic heterocycles. The molecule has 0 saturated carbocycles. The number of fused-ring (bicyclic) bond motifs is 1. The molecule has 0 unspecified atom stereocenters. The first kappa shape index (κ1) is 26.1. The largest absolute Gasteiger partial charge is 0.486 e. The van der Waals surface area contributed by atoms with Gasteiger partial charge in [-0.2, -0.15) is 5.26 Å². The number of halogens is 4. The second-order valence-corrected chi connectivity index (χ2v) is 9.96. The van der Waals surface area contributed by atoms with Gasteiger partial charge in [0.2, 0.25) is 0 Å². The minimum atomic E-state index is -0.454. The molecule has 5 nitrogen and oxygen atoms in total. The van der Waals surface area contributed by atoms with Gasteiger partial charge >= 0.3 is 0 Å². The van der Waals surface area contributed by atoms with Crippen LogP contribution in [0.15, 0.2) is 70.8 Å². The van der Waals surface area contributed by atoms with E-state index in [-0.39, 0.29) is 12.2 Å². The zero-order valence-electron chi connectivity index (χ0n) is 18.7. The number of aromatic nitrogens is 1. The number of carbonyl (C=O) groups is 1. The highest BCUT2D eigenvalue weighted by atomic mass is 79.9. The van der Waals surface area contributed by atoms with E-state index >= 15 is 0 Å². The number of aromatic amines is 1. The standard InChI is InChI=1S/C27H19BrCl3N3O2/c28-21-10-17(12-24(31)26(21)36-15-16-5-6-22(29)23(30)11-16)9-19(13-32)27(35)33-8-7-18-14-34-25-4-2-1-3-20(18)25/h1-6,9-12,14,34H,7-8,15H2,(H,33,35)/b19-9-. The molecular formula is C27H19BrCl3N3O2. The summed E-state index contributed by atoms with van der Waals surface area (Å²) in [4.78, 5) is 15.8. The van der Waals surface area contributed by atoms with Crippen LogP contribution in [0.2, 0.25) is 15.1 Å². The van der Waals surface area contributed by atoms with E-state index in [0.29, 0.717) is 43.8 Å². The van der Waals surface area contributed by atoms with Crippen LogP contribution in [0, 0.1) is 11.3 Å². The van der Waals surface area contributed by atoms with Gasteiger partial charge in [0.15, 0.2) is 5.75 Å². The van der Waals surface area contributed by atoms with Crippen molar-refractivity contribution >= 4 is 73.6 Å². The average Bonchev–Trinajstić information content (AvgIpc) is 3.27. The van der Waals surface area contributed by atoms with Gasteiger partial charge in [0, 0.05) is 23.6 Å². The Hall–Kier alpha value is -2.95. The lowest BCUT2D eigenvalue weighted by Crippen LogP contribution is -2.26. The van der Waals surface area contributed by atoms with Crippen LogP contribution in [0.25, 0.3) is 17.0 Å². The highest BCUT2D eigenvalue weighted by Gasteiger charge is 2.13. The fraction of sp³-hybridized carbons (Fsp3) is 0.111. The number of benzene rings is 3. The van der Waals surface area contributed by atoms with Crippen molar-refractivity contribution in [2.75, 3.05) is 6.54 Å². The molecular weight excluding hydrogens is 585 g/mol. The molecule has 0 atom stereocenters. The summed E-state index contributed by atoms with van der Waals surface area (Å²) in [5.41, 5.74) is 3.52. The number of hydrogen-bond donors (Lipinski definition) is 2. The number of nitriles is 1. The van der Waals surface area contributed by atoms with E-state index in [1.165, 1.54) is 6.08 Å². The first-order valence-corrected chi connectivity index (χ1v) is 12.8. The van der Waals surface area contributed by atoms with E-state index in [9.17, 15) is 10.1 Å². The van der Waals surface area contributed by atoms with Gasteiger partial charge in [-0.05, 0) is 75.4 Å². The smallest absolute Gasteiger partial charge is 0.261 e. The lowest BCUT2D eigenvalue weighted by atomic mass is 10.1. The Morgan fingerprint density at radius 2 is 1.89 bits per heavy atom. The maximum atomic E-state index is 12.6. The molecule has 9 heteroatoms. The highest BCUT2D eigenvalue weighted by molar-refractivity contribution is 9.10. The van der Waals surface area contributed by atoms with Gasteiger partial charge in [-0.3, -0.25) is 4.79 Å². The van der Waals surface area contributed by atoms with Crippen molar-refractivity contribution in [2.45, 2.75) is 13.0 Å². The Morgan fingerprint density at radius 3 is 2.64 bits per heavy atom. The van der Waals surface area contributed by atoms with E-state index in [0.717, 1.165) is 22.0 Å². The summed E-state index contributed by atoms with van der Waals surface area (Å²) in [6.07, 6.45) is 4.06. The quantitative estimate of drug-likeness (QED) is 0.160. The number of nitrogens with one attached hydrogen (secondary N) is 2. The molecule has 0 saturated heterocycles. The number of H-pyrrole nitrogens is 1. The number of hydrogen-bond acceptors (Lipinski definition) is 3. The summed E-state index contributed by atoms with van der Waals surface area (Å²) < 4.78 is 6.43. The van der Waals surface area contributed by atoms with Crippen molar-refractivity contribution in [1.82, 2.24) is 10.3 Å². The molecule has 2 N–H and O–H groups in total. The normalized spacial score (nSPS) is 11.4. The molecule has 0 radical (unpaired) electrons. The molecule has 1 heterocycles. The SMILES string of the molecule is N#C/C(=C/c1cc(Cl)c(OCc2ccc(Cl)c(Cl)c2)c(Br)c1)C(=O)NCCc1c[nH]c2ccccc12. The molecule has 0 aliphatic carbocycles. The third-order valence-corrected chi connectivity index (χ3v) is 7.03. The van der Waals surface area contributed by atoms with Crippen molar-refractivity contribution in [2.24, 2.45) is 0 Å². The first-order valence-electron chi connectivity index (χ1n) is 10.9. The van der Waals surface area contributed by atoms with E-state index < -0.39 is 5.91 Å². The summed E-state index contributed by atoms with van der Waals surface area (Å²) in [6.45, 7) is 0.623. The minimum absolute atomic E-state index is 0.0265. The Labute approximate surface area is 231 Å². The second-order valence-electron chi connectivity index (χ2n) is 7.89. The fourth-order valence-electron chi connectivity index (χ4n) is 3.65. The lowest BCUT2D eigenvalue weighted by Gasteiger charge is -2.12. The monoisotopic (exact) mass is 601 g/mol. The number of nitrogens with zero attached hydrogens (tertiary/aromatic N) is 1. The number of para-hydroxylation sites is 1.